The molecule has 4 nitrogen and oxygen atoms in total. The maximum Gasteiger partial charge on any atom is 0.221 e. The van der Waals surface area contributed by atoms with E-state index in [0.29, 0.717) is 19.4 Å². The number of rotatable bonds is 6. The summed E-state index contributed by atoms with van der Waals surface area (Å²) < 4.78 is 0. The zero-order chi connectivity index (χ0) is 12.2. The van der Waals surface area contributed by atoms with Crippen LogP contribution in [-0.4, -0.2) is 28.7 Å². The zero-order valence-corrected chi connectivity index (χ0v) is 10.4. The summed E-state index contributed by atoms with van der Waals surface area (Å²) in [7, 11) is 0. The van der Waals surface area contributed by atoms with E-state index in [1.165, 1.54) is 0 Å². The van der Waals surface area contributed by atoms with Gasteiger partial charge in [0, 0.05) is 18.5 Å². The van der Waals surface area contributed by atoms with Gasteiger partial charge in [0.2, 0.25) is 5.91 Å². The molecule has 1 fully saturated rings. The SMILES string of the molecule is CCCC(C)(O)CNC(=O)CC1(N)CCC1. The Bertz CT molecular complexity index is 247. The van der Waals surface area contributed by atoms with Gasteiger partial charge in [-0.1, -0.05) is 13.3 Å². The van der Waals surface area contributed by atoms with Crippen LogP contribution in [0.2, 0.25) is 0 Å². The summed E-state index contributed by atoms with van der Waals surface area (Å²) in [5, 5.41) is 12.6. The lowest BCUT2D eigenvalue weighted by Gasteiger charge is -2.37. The molecule has 94 valence electrons. The number of carbonyl (C=O) groups is 1. The third kappa shape index (κ3) is 4.10. The number of hydrogen-bond acceptors (Lipinski definition) is 3. The van der Waals surface area contributed by atoms with E-state index >= 15 is 0 Å². The summed E-state index contributed by atoms with van der Waals surface area (Å²) >= 11 is 0. The highest BCUT2D eigenvalue weighted by atomic mass is 16.3. The van der Waals surface area contributed by atoms with Crippen molar-refractivity contribution in [2.75, 3.05) is 6.54 Å². The molecule has 0 spiro atoms. The first-order valence-corrected chi connectivity index (χ1v) is 6.15. The molecule has 1 atom stereocenters. The summed E-state index contributed by atoms with van der Waals surface area (Å²) in [4.78, 5) is 11.6. The average Bonchev–Trinajstić information content (AvgIpc) is 2.12. The van der Waals surface area contributed by atoms with Gasteiger partial charge < -0.3 is 16.2 Å². The first kappa shape index (κ1) is 13.5. The molecule has 0 bridgehead atoms. The van der Waals surface area contributed by atoms with Crippen molar-refractivity contribution in [2.45, 2.75) is 63.5 Å². The van der Waals surface area contributed by atoms with E-state index in [-0.39, 0.29) is 11.4 Å². The quantitative estimate of drug-likeness (QED) is 0.633. The second-order valence-corrected chi connectivity index (χ2v) is 5.42. The Morgan fingerprint density at radius 1 is 1.56 bits per heavy atom. The molecule has 1 amide bonds. The lowest BCUT2D eigenvalue weighted by atomic mass is 9.75. The third-order valence-electron chi connectivity index (χ3n) is 3.32. The highest BCUT2D eigenvalue weighted by molar-refractivity contribution is 5.77. The molecule has 1 aliphatic carbocycles. The fraction of sp³-hybridized carbons (Fsp3) is 0.917. The van der Waals surface area contributed by atoms with Crippen LogP contribution in [0.4, 0.5) is 0 Å². The molecule has 1 unspecified atom stereocenters. The average molecular weight is 228 g/mol. The highest BCUT2D eigenvalue weighted by Gasteiger charge is 2.34. The topological polar surface area (TPSA) is 75.3 Å². The second-order valence-electron chi connectivity index (χ2n) is 5.42. The van der Waals surface area contributed by atoms with Crippen molar-refractivity contribution in [3.05, 3.63) is 0 Å². The number of nitrogens with one attached hydrogen (secondary N) is 1. The second kappa shape index (κ2) is 5.15. The smallest absolute Gasteiger partial charge is 0.221 e. The minimum Gasteiger partial charge on any atom is -0.388 e. The lowest BCUT2D eigenvalue weighted by molar-refractivity contribution is -0.124. The predicted molar refractivity (Wildman–Crippen MR) is 63.9 cm³/mol. The summed E-state index contributed by atoms with van der Waals surface area (Å²) in [6.07, 6.45) is 4.98. The summed E-state index contributed by atoms with van der Waals surface area (Å²) in [6, 6.07) is 0. The minimum atomic E-state index is -0.800. The van der Waals surface area contributed by atoms with E-state index in [1.807, 2.05) is 6.92 Å². The van der Waals surface area contributed by atoms with Crippen LogP contribution < -0.4 is 11.1 Å². The third-order valence-corrected chi connectivity index (χ3v) is 3.32. The van der Waals surface area contributed by atoms with E-state index in [2.05, 4.69) is 5.32 Å². The molecule has 1 rings (SSSR count). The van der Waals surface area contributed by atoms with Crippen LogP contribution in [0.5, 0.6) is 0 Å². The van der Waals surface area contributed by atoms with E-state index < -0.39 is 5.60 Å². The molecule has 16 heavy (non-hydrogen) atoms. The molecule has 0 aromatic rings. The van der Waals surface area contributed by atoms with Crippen LogP contribution in [-0.2, 0) is 4.79 Å². The fourth-order valence-corrected chi connectivity index (χ4v) is 2.11. The maximum atomic E-state index is 11.6. The first-order valence-electron chi connectivity index (χ1n) is 6.15. The van der Waals surface area contributed by atoms with Gasteiger partial charge in [-0.05, 0) is 32.6 Å². The number of nitrogens with two attached hydrogens (primary N) is 1. The van der Waals surface area contributed by atoms with Crippen molar-refractivity contribution in [1.29, 1.82) is 0 Å². The van der Waals surface area contributed by atoms with Crippen molar-refractivity contribution in [1.82, 2.24) is 5.32 Å². The molecule has 0 radical (unpaired) electrons. The largest absolute Gasteiger partial charge is 0.388 e. The van der Waals surface area contributed by atoms with Crippen LogP contribution in [0, 0.1) is 0 Å². The van der Waals surface area contributed by atoms with Gasteiger partial charge in [-0.15, -0.1) is 0 Å². The summed E-state index contributed by atoms with van der Waals surface area (Å²) in [5.74, 6) is -0.0430. The van der Waals surface area contributed by atoms with Gasteiger partial charge in [-0.2, -0.15) is 0 Å². The summed E-state index contributed by atoms with van der Waals surface area (Å²) in [6.45, 7) is 4.08. The number of amides is 1. The van der Waals surface area contributed by atoms with Crippen LogP contribution in [0.1, 0.15) is 52.4 Å². The van der Waals surface area contributed by atoms with Crippen molar-refractivity contribution in [3.63, 3.8) is 0 Å². The highest BCUT2D eigenvalue weighted by Crippen LogP contribution is 2.31. The van der Waals surface area contributed by atoms with Crippen LogP contribution in [0.15, 0.2) is 0 Å². The molecule has 0 aromatic heterocycles. The van der Waals surface area contributed by atoms with Gasteiger partial charge in [0.05, 0.1) is 5.60 Å². The standard InChI is InChI=1S/C12H24N2O2/c1-3-5-11(2,16)9-14-10(15)8-12(13)6-4-7-12/h16H,3-9,13H2,1-2H3,(H,14,15). The Kier molecular flexibility index (Phi) is 4.33. The molecular formula is C12H24N2O2. The molecule has 1 saturated carbocycles. The van der Waals surface area contributed by atoms with Crippen molar-refractivity contribution in [3.8, 4) is 0 Å². The van der Waals surface area contributed by atoms with Gasteiger partial charge in [-0.3, -0.25) is 4.79 Å². The van der Waals surface area contributed by atoms with E-state index in [1.54, 1.807) is 6.92 Å². The minimum absolute atomic E-state index is 0.0430. The zero-order valence-electron chi connectivity index (χ0n) is 10.4. The molecule has 4 heteroatoms. The van der Waals surface area contributed by atoms with Crippen molar-refractivity contribution in [2.24, 2.45) is 5.73 Å². The Morgan fingerprint density at radius 2 is 2.19 bits per heavy atom. The van der Waals surface area contributed by atoms with Gasteiger partial charge in [0.25, 0.3) is 0 Å². The molecular weight excluding hydrogens is 204 g/mol. The number of carbonyl (C=O) groups excluding carboxylic acids is 1. The van der Waals surface area contributed by atoms with Gasteiger partial charge >= 0.3 is 0 Å². The lowest BCUT2D eigenvalue weighted by Crippen LogP contribution is -2.51. The van der Waals surface area contributed by atoms with Crippen molar-refractivity contribution >= 4 is 5.91 Å². The molecule has 1 aliphatic rings. The normalized spacial score (nSPS) is 22.0. The van der Waals surface area contributed by atoms with Crippen LogP contribution in [0.25, 0.3) is 0 Å². The van der Waals surface area contributed by atoms with Gasteiger partial charge in [0.1, 0.15) is 0 Å². The van der Waals surface area contributed by atoms with E-state index in [9.17, 15) is 9.90 Å². The Hall–Kier alpha value is -0.610. The van der Waals surface area contributed by atoms with E-state index in [0.717, 1.165) is 25.7 Å². The Morgan fingerprint density at radius 3 is 2.62 bits per heavy atom. The van der Waals surface area contributed by atoms with Crippen LogP contribution in [0.3, 0.4) is 0 Å². The van der Waals surface area contributed by atoms with Gasteiger partial charge in [0.15, 0.2) is 0 Å². The predicted octanol–water partition coefficient (Wildman–Crippen LogP) is 0.925. The van der Waals surface area contributed by atoms with Crippen molar-refractivity contribution < 1.29 is 9.90 Å². The molecule has 0 heterocycles. The molecule has 0 saturated heterocycles. The number of hydrogen-bond donors (Lipinski definition) is 3. The van der Waals surface area contributed by atoms with E-state index in [4.69, 9.17) is 5.73 Å². The monoisotopic (exact) mass is 228 g/mol. The number of aliphatic hydroxyl groups is 1. The first-order chi connectivity index (χ1) is 7.37. The molecule has 0 aromatic carbocycles. The Labute approximate surface area is 97.6 Å². The molecule has 0 aliphatic heterocycles. The fourth-order valence-electron chi connectivity index (χ4n) is 2.11. The van der Waals surface area contributed by atoms with Gasteiger partial charge in [-0.25, -0.2) is 0 Å². The Balaban J connectivity index is 2.24. The molecule has 4 N–H and O–H groups in total. The van der Waals surface area contributed by atoms with Crippen LogP contribution >= 0.6 is 0 Å². The summed E-state index contributed by atoms with van der Waals surface area (Å²) in [5.41, 5.74) is 4.90. The maximum absolute atomic E-state index is 11.6.